The van der Waals surface area contributed by atoms with Gasteiger partial charge in [0, 0.05) is 0 Å². The molecule has 0 aliphatic heterocycles. The first-order valence-corrected chi connectivity index (χ1v) is 8.62. The summed E-state index contributed by atoms with van der Waals surface area (Å²) >= 11 is 7.95. The summed E-state index contributed by atoms with van der Waals surface area (Å²) in [5, 5.41) is 0. The van der Waals surface area contributed by atoms with Gasteiger partial charge in [-0.1, -0.05) is 0 Å². The van der Waals surface area contributed by atoms with Crippen LogP contribution in [0.1, 0.15) is 0 Å². The topological polar surface area (TPSA) is 0 Å². The fourth-order valence-corrected chi connectivity index (χ4v) is 0. The number of rotatable bonds is 0. The van der Waals surface area contributed by atoms with Crippen LogP contribution in [-0.2, 0) is 7.70 Å². The van der Waals surface area contributed by atoms with E-state index in [0.29, 0.717) is 0 Å². The Morgan fingerprint density at radius 1 is 1.20 bits per heavy atom. The zero-order valence-electron chi connectivity index (χ0n) is 1.85. The molecule has 0 aromatic carbocycles. The summed E-state index contributed by atoms with van der Waals surface area (Å²) in [5.41, 5.74) is 0. The molecule has 0 N–H and O–H groups in total. The predicted molar refractivity (Wildman–Crippen MR) is 27.9 cm³/mol. The van der Waals surface area contributed by atoms with Gasteiger partial charge in [-0.15, -0.1) is 0 Å². The summed E-state index contributed by atoms with van der Waals surface area (Å²) in [6.07, 6.45) is 0. The molecular formula is Br3CoF-2. The summed E-state index contributed by atoms with van der Waals surface area (Å²) in [6, 6.07) is 0. The van der Waals surface area contributed by atoms with Crippen LogP contribution in [0.3, 0.4) is 0 Å². The molecule has 0 aliphatic rings. The maximum atomic E-state index is 11.5. The van der Waals surface area contributed by atoms with Crippen LogP contribution >= 0.6 is 42.5 Å². The van der Waals surface area contributed by atoms with Crippen LogP contribution in [0.2, 0.25) is 0 Å². The van der Waals surface area contributed by atoms with Crippen LogP contribution in [0, 0.1) is 0 Å². The fourth-order valence-electron chi connectivity index (χ4n) is 0. The van der Waals surface area contributed by atoms with Gasteiger partial charge >= 0.3 is 53.8 Å². The predicted octanol–water partition coefficient (Wildman–Crippen LogP) is 2.95. The van der Waals surface area contributed by atoms with Crippen LogP contribution in [0.5, 0.6) is 0 Å². The molecule has 5 heteroatoms. The molecule has 39 valence electrons. The van der Waals surface area contributed by atoms with E-state index in [0.717, 1.165) is 0 Å². The van der Waals surface area contributed by atoms with E-state index in [2.05, 4.69) is 42.5 Å². The summed E-state index contributed by atoms with van der Waals surface area (Å²) < 4.78 is 11.5. The second-order valence-electron chi connectivity index (χ2n) is 0.286. The molecule has 0 aliphatic carbocycles. The Morgan fingerprint density at radius 2 is 1.20 bits per heavy atom. The van der Waals surface area contributed by atoms with Crippen molar-refractivity contribution < 1.29 is 11.3 Å². The van der Waals surface area contributed by atoms with Gasteiger partial charge in [0.1, 0.15) is 0 Å². The van der Waals surface area contributed by atoms with Crippen molar-refractivity contribution in [3.63, 3.8) is 0 Å². The molecule has 0 saturated heterocycles. The Hall–Kier alpha value is 1.88. The van der Waals surface area contributed by atoms with Crippen molar-refractivity contribution >= 4 is 42.5 Å². The van der Waals surface area contributed by atoms with Crippen molar-refractivity contribution in [2.75, 3.05) is 0 Å². The third kappa shape index (κ3) is 25.1. The third-order valence-corrected chi connectivity index (χ3v) is 0. The van der Waals surface area contributed by atoms with Gasteiger partial charge in [0.15, 0.2) is 0 Å². The molecule has 0 fully saturated rings. The van der Waals surface area contributed by atoms with Crippen LogP contribution < -0.4 is 0 Å². The molecular weight excluding hydrogens is 318 g/mol. The van der Waals surface area contributed by atoms with Crippen molar-refractivity contribution in [1.82, 2.24) is 0 Å². The molecule has 5 heavy (non-hydrogen) atoms. The van der Waals surface area contributed by atoms with Gasteiger partial charge in [0.25, 0.3) is 0 Å². The van der Waals surface area contributed by atoms with Gasteiger partial charge in [0.2, 0.25) is 0 Å². The fraction of sp³-hybridized carbons (Fsp3) is 0. The first-order chi connectivity index (χ1) is 2.00. The van der Waals surface area contributed by atoms with Crippen molar-refractivity contribution in [3.05, 3.63) is 0 Å². The average Bonchev–Trinajstić information content (AvgIpc) is 0.722. The maximum absolute atomic E-state index is 11.5. The average molecular weight is 318 g/mol. The van der Waals surface area contributed by atoms with Crippen LogP contribution in [-0.4, -0.2) is 0 Å². The van der Waals surface area contributed by atoms with Crippen LogP contribution in [0.4, 0.5) is 3.58 Å². The Balaban J connectivity index is 3.02. The second kappa shape index (κ2) is 2.25. The molecule has 0 rings (SSSR count). The Morgan fingerprint density at radius 3 is 1.20 bits per heavy atom. The van der Waals surface area contributed by atoms with E-state index in [1.807, 2.05) is 0 Å². The zero-order valence-corrected chi connectivity index (χ0v) is 7.64. The van der Waals surface area contributed by atoms with E-state index in [-0.39, 0.29) is 0 Å². The van der Waals surface area contributed by atoms with Crippen molar-refractivity contribution in [2.24, 2.45) is 0 Å². The Labute approximate surface area is 53.3 Å². The molecule has 0 atom stereocenters. The van der Waals surface area contributed by atoms with Crippen LogP contribution in [0.15, 0.2) is 0 Å². The van der Waals surface area contributed by atoms with Gasteiger partial charge in [-0.3, -0.25) is 0 Å². The molecule has 0 heterocycles. The van der Waals surface area contributed by atoms with E-state index < -0.39 is 7.70 Å². The second-order valence-corrected chi connectivity index (χ2v) is 19.0. The quantitative estimate of drug-likeness (QED) is 0.644. The molecule has 0 aromatic heterocycles. The van der Waals surface area contributed by atoms with E-state index in [9.17, 15) is 3.58 Å². The van der Waals surface area contributed by atoms with Gasteiger partial charge in [-0.2, -0.15) is 0 Å². The van der Waals surface area contributed by atoms with Crippen molar-refractivity contribution in [1.29, 1.82) is 0 Å². The SMILES string of the molecule is [F][Co-2]([Br])([Br])[Br]. The number of hydrogen-bond donors (Lipinski definition) is 0. The van der Waals surface area contributed by atoms with E-state index >= 15 is 0 Å². The summed E-state index contributed by atoms with van der Waals surface area (Å²) in [4.78, 5) is 0. The van der Waals surface area contributed by atoms with Gasteiger partial charge < -0.3 is 0 Å². The molecule has 0 spiro atoms. The molecule has 0 unspecified atom stereocenters. The van der Waals surface area contributed by atoms with Crippen molar-refractivity contribution in [2.45, 2.75) is 0 Å². The minimum atomic E-state index is -2.44. The van der Waals surface area contributed by atoms with Gasteiger partial charge in [-0.25, -0.2) is 0 Å². The monoisotopic (exact) mass is 315 g/mol. The van der Waals surface area contributed by atoms with Gasteiger partial charge in [-0.05, 0) is 0 Å². The zero-order chi connectivity index (χ0) is 4.50. The molecule has 0 amide bonds. The number of halogens is 4. The first kappa shape index (κ1) is 6.88. The Bertz CT molecular complexity index is 22.4. The minimum absolute atomic E-state index is 2.44. The van der Waals surface area contributed by atoms with E-state index in [1.165, 1.54) is 0 Å². The van der Waals surface area contributed by atoms with E-state index in [1.54, 1.807) is 0 Å². The normalized spacial score (nSPS) is 15.2. The summed E-state index contributed by atoms with van der Waals surface area (Å²) in [5.74, 6) is 0. The first-order valence-electron chi connectivity index (χ1n) is 0.504. The van der Waals surface area contributed by atoms with Gasteiger partial charge in [0.05, 0.1) is 0 Å². The summed E-state index contributed by atoms with van der Waals surface area (Å²) in [7, 11) is -2.44. The molecule has 0 aromatic rings. The Kier molecular flexibility index (Phi) is 3.10. The van der Waals surface area contributed by atoms with Crippen molar-refractivity contribution in [3.8, 4) is 0 Å². The molecule has 0 radical (unpaired) electrons. The molecule has 0 nitrogen and oxygen atoms in total. The molecule has 0 saturated carbocycles. The standard InChI is InChI=1S/3BrH.Co.FH/h3*1H;;1H/q;;;+2;/p-4. The van der Waals surface area contributed by atoms with Crippen LogP contribution in [0.25, 0.3) is 0 Å². The third-order valence-electron chi connectivity index (χ3n) is 0. The molecule has 0 bridgehead atoms. The number of hydrogen-bond acceptors (Lipinski definition) is 0. The van der Waals surface area contributed by atoms with E-state index in [4.69, 9.17) is 0 Å². The summed E-state index contributed by atoms with van der Waals surface area (Å²) in [6.45, 7) is 0.